The largest absolute Gasteiger partial charge is 0.396 e. The Morgan fingerprint density at radius 3 is 2.78 bits per heavy atom. The second-order valence-corrected chi connectivity index (χ2v) is 6.82. The Labute approximate surface area is 118 Å². The lowest BCUT2D eigenvalue weighted by Gasteiger charge is -2.47. The summed E-state index contributed by atoms with van der Waals surface area (Å²) in [5.74, 6) is 0.395. The van der Waals surface area contributed by atoms with Gasteiger partial charge in [0.2, 0.25) is 0 Å². The highest BCUT2D eigenvalue weighted by atomic mass is 79.9. The number of nitrogens with zero attached hydrogens (tertiary/aromatic N) is 1. The van der Waals surface area contributed by atoms with Crippen LogP contribution in [0.4, 0.5) is 5.69 Å². The number of aliphatic hydroxyl groups excluding tert-OH is 1. The molecule has 0 bridgehead atoms. The van der Waals surface area contributed by atoms with Gasteiger partial charge in [-0.3, -0.25) is 0 Å². The Hall–Kier alpha value is -0.540. The highest BCUT2D eigenvalue weighted by molar-refractivity contribution is 9.10. The molecule has 0 radical (unpaired) electrons. The van der Waals surface area contributed by atoms with Crippen molar-refractivity contribution in [2.75, 3.05) is 18.1 Å². The summed E-state index contributed by atoms with van der Waals surface area (Å²) in [5.41, 5.74) is 2.66. The Kier molecular flexibility index (Phi) is 4.02. The summed E-state index contributed by atoms with van der Waals surface area (Å²) in [4.78, 5) is 2.43. The van der Waals surface area contributed by atoms with Crippen LogP contribution in [0.3, 0.4) is 0 Å². The van der Waals surface area contributed by atoms with Crippen molar-refractivity contribution < 1.29 is 5.11 Å². The smallest absolute Gasteiger partial charge is 0.0515 e. The number of rotatable bonds is 2. The van der Waals surface area contributed by atoms with Crippen LogP contribution in [0.1, 0.15) is 32.3 Å². The van der Waals surface area contributed by atoms with Crippen LogP contribution >= 0.6 is 15.9 Å². The summed E-state index contributed by atoms with van der Waals surface area (Å²) >= 11 is 3.67. The van der Waals surface area contributed by atoms with Crippen molar-refractivity contribution in [3.05, 3.63) is 28.2 Å². The first-order chi connectivity index (χ1) is 8.44. The van der Waals surface area contributed by atoms with Crippen LogP contribution in [0.5, 0.6) is 0 Å². The molecule has 1 heterocycles. The highest BCUT2D eigenvalue weighted by Crippen LogP contribution is 2.38. The van der Waals surface area contributed by atoms with Gasteiger partial charge in [0.15, 0.2) is 0 Å². The Balaban J connectivity index is 2.33. The molecule has 0 aliphatic carbocycles. The normalized spacial score (nSPS) is 23.2. The van der Waals surface area contributed by atoms with Crippen LogP contribution in [0.25, 0.3) is 0 Å². The molecule has 2 nitrogen and oxygen atoms in total. The lowest BCUT2D eigenvalue weighted by atomic mass is 9.84. The number of anilines is 1. The quantitative estimate of drug-likeness (QED) is 0.899. The van der Waals surface area contributed by atoms with Crippen molar-refractivity contribution in [1.82, 2.24) is 0 Å². The molecule has 0 saturated carbocycles. The molecular weight excluding hydrogens is 290 g/mol. The molecule has 1 aliphatic rings. The molecule has 1 N–H and O–H groups in total. The van der Waals surface area contributed by atoms with E-state index in [0.29, 0.717) is 5.92 Å². The molecular formula is C15H22BrNO. The predicted octanol–water partition coefficient (Wildman–Crippen LogP) is 3.74. The molecule has 0 aromatic heterocycles. The molecule has 1 atom stereocenters. The van der Waals surface area contributed by atoms with Crippen molar-refractivity contribution in [3.8, 4) is 0 Å². The van der Waals surface area contributed by atoms with Gasteiger partial charge in [-0.05, 0) is 73.2 Å². The van der Waals surface area contributed by atoms with E-state index in [1.165, 1.54) is 11.3 Å². The van der Waals surface area contributed by atoms with E-state index in [2.05, 4.69) is 59.8 Å². The van der Waals surface area contributed by atoms with Gasteiger partial charge in [-0.2, -0.15) is 0 Å². The van der Waals surface area contributed by atoms with Gasteiger partial charge in [-0.1, -0.05) is 6.07 Å². The lowest BCUT2D eigenvalue weighted by molar-refractivity contribution is 0.181. The Bertz CT molecular complexity index is 431. The zero-order valence-corrected chi connectivity index (χ0v) is 13.0. The fourth-order valence-corrected chi connectivity index (χ4v) is 3.40. The minimum absolute atomic E-state index is 0.156. The van der Waals surface area contributed by atoms with E-state index < -0.39 is 0 Å². The number of halogens is 1. The van der Waals surface area contributed by atoms with Gasteiger partial charge in [-0.15, -0.1) is 0 Å². The van der Waals surface area contributed by atoms with E-state index >= 15 is 0 Å². The van der Waals surface area contributed by atoms with Crippen LogP contribution in [0.2, 0.25) is 0 Å². The maximum Gasteiger partial charge on any atom is 0.0515 e. The minimum atomic E-state index is 0.156. The number of aryl methyl sites for hydroxylation is 1. The molecule has 1 aliphatic heterocycles. The van der Waals surface area contributed by atoms with E-state index in [1.807, 2.05) is 0 Å². The van der Waals surface area contributed by atoms with Gasteiger partial charge in [0.25, 0.3) is 0 Å². The molecule has 1 fully saturated rings. The van der Waals surface area contributed by atoms with Gasteiger partial charge in [-0.25, -0.2) is 0 Å². The first kappa shape index (κ1) is 13.9. The second kappa shape index (κ2) is 5.22. The van der Waals surface area contributed by atoms with Crippen molar-refractivity contribution in [2.24, 2.45) is 5.92 Å². The molecule has 1 aromatic rings. The van der Waals surface area contributed by atoms with Crippen molar-refractivity contribution in [1.29, 1.82) is 0 Å². The van der Waals surface area contributed by atoms with E-state index in [0.717, 1.165) is 23.9 Å². The molecule has 18 heavy (non-hydrogen) atoms. The summed E-state index contributed by atoms with van der Waals surface area (Å²) in [7, 11) is 0. The fourth-order valence-electron chi connectivity index (χ4n) is 2.69. The van der Waals surface area contributed by atoms with Crippen LogP contribution in [-0.4, -0.2) is 23.8 Å². The number of aliphatic hydroxyl groups is 1. The average molecular weight is 312 g/mol. The Morgan fingerprint density at radius 2 is 2.17 bits per heavy atom. The maximum atomic E-state index is 9.40. The second-order valence-electron chi connectivity index (χ2n) is 5.97. The fraction of sp³-hybridized carbons (Fsp3) is 0.600. The molecule has 1 unspecified atom stereocenters. The summed E-state index contributed by atoms with van der Waals surface area (Å²) < 4.78 is 1.15. The average Bonchev–Trinajstić information content (AvgIpc) is 2.30. The van der Waals surface area contributed by atoms with E-state index in [9.17, 15) is 5.11 Å². The zero-order valence-electron chi connectivity index (χ0n) is 11.4. The number of hydrogen-bond acceptors (Lipinski definition) is 2. The minimum Gasteiger partial charge on any atom is -0.396 e. The van der Waals surface area contributed by atoms with Crippen LogP contribution in [0, 0.1) is 12.8 Å². The third-order valence-electron chi connectivity index (χ3n) is 3.99. The topological polar surface area (TPSA) is 23.5 Å². The third kappa shape index (κ3) is 2.72. The van der Waals surface area contributed by atoms with Gasteiger partial charge in [0, 0.05) is 23.2 Å². The van der Waals surface area contributed by atoms with Crippen molar-refractivity contribution in [2.45, 2.75) is 39.2 Å². The SMILES string of the molecule is Cc1ccc(N2CC(CO)CCC2(C)C)c(Br)c1. The highest BCUT2D eigenvalue weighted by Gasteiger charge is 2.34. The van der Waals surface area contributed by atoms with Crippen LogP contribution in [-0.2, 0) is 0 Å². The Morgan fingerprint density at radius 1 is 1.44 bits per heavy atom. The summed E-state index contributed by atoms with van der Waals surface area (Å²) in [5, 5.41) is 9.40. The predicted molar refractivity (Wildman–Crippen MR) is 80.1 cm³/mol. The molecule has 3 heteroatoms. The first-order valence-corrected chi connectivity index (χ1v) is 7.38. The van der Waals surface area contributed by atoms with Crippen LogP contribution < -0.4 is 4.90 Å². The molecule has 2 rings (SSSR count). The lowest BCUT2D eigenvalue weighted by Crippen LogP contribution is -2.51. The van der Waals surface area contributed by atoms with Gasteiger partial charge in [0.05, 0.1) is 5.69 Å². The maximum absolute atomic E-state index is 9.40. The summed E-state index contributed by atoms with van der Waals surface area (Å²) in [6.45, 7) is 7.90. The van der Waals surface area contributed by atoms with Crippen LogP contribution in [0.15, 0.2) is 22.7 Å². The molecule has 0 amide bonds. The molecule has 0 spiro atoms. The zero-order chi connectivity index (χ0) is 13.3. The standard InChI is InChI=1S/C15H22BrNO/c1-11-4-5-14(13(16)8-11)17-9-12(10-18)6-7-15(17,2)3/h4-5,8,12,18H,6-7,9-10H2,1-3H3. The number of piperidine rings is 1. The van der Waals surface area contributed by atoms with Gasteiger partial charge < -0.3 is 10.0 Å². The van der Waals surface area contributed by atoms with Gasteiger partial charge in [0.1, 0.15) is 0 Å². The van der Waals surface area contributed by atoms with Crippen molar-refractivity contribution in [3.63, 3.8) is 0 Å². The summed E-state index contributed by atoms with van der Waals surface area (Å²) in [6.07, 6.45) is 2.24. The van der Waals surface area contributed by atoms with Crippen molar-refractivity contribution >= 4 is 21.6 Å². The number of benzene rings is 1. The summed E-state index contributed by atoms with van der Waals surface area (Å²) in [6, 6.07) is 6.49. The van der Waals surface area contributed by atoms with Gasteiger partial charge >= 0.3 is 0 Å². The third-order valence-corrected chi connectivity index (χ3v) is 4.62. The molecule has 1 saturated heterocycles. The van der Waals surface area contributed by atoms with E-state index in [1.54, 1.807) is 0 Å². The molecule has 1 aromatic carbocycles. The van der Waals surface area contributed by atoms with E-state index in [4.69, 9.17) is 0 Å². The van der Waals surface area contributed by atoms with E-state index in [-0.39, 0.29) is 12.1 Å². The monoisotopic (exact) mass is 311 g/mol. The number of hydrogen-bond donors (Lipinski definition) is 1. The first-order valence-electron chi connectivity index (χ1n) is 6.58. The molecule has 100 valence electrons.